The molecule has 1 aliphatic rings. The Morgan fingerprint density at radius 3 is 3.12 bits per heavy atom. The van der Waals surface area contributed by atoms with Gasteiger partial charge in [0.05, 0.1) is 0 Å². The van der Waals surface area contributed by atoms with Gasteiger partial charge in [-0.3, -0.25) is 0 Å². The number of hydrogen-bond acceptors (Lipinski definition) is 3. The van der Waals surface area contributed by atoms with E-state index in [0.717, 1.165) is 31.3 Å². The molecule has 1 fully saturated rings. The van der Waals surface area contributed by atoms with E-state index in [0.29, 0.717) is 5.92 Å². The zero-order chi connectivity index (χ0) is 11.4. The van der Waals surface area contributed by atoms with E-state index in [-0.39, 0.29) is 0 Å². The summed E-state index contributed by atoms with van der Waals surface area (Å²) in [6, 6.07) is 0. The molecule has 2 rings (SSSR count). The van der Waals surface area contributed by atoms with Crippen molar-refractivity contribution in [3.63, 3.8) is 0 Å². The predicted molar refractivity (Wildman–Crippen MR) is 64.2 cm³/mol. The van der Waals surface area contributed by atoms with Gasteiger partial charge in [-0.05, 0) is 37.8 Å². The van der Waals surface area contributed by atoms with E-state index in [4.69, 9.17) is 0 Å². The Hall–Kier alpha value is -0.900. The van der Waals surface area contributed by atoms with Gasteiger partial charge >= 0.3 is 0 Å². The zero-order valence-electron chi connectivity index (χ0n) is 10.3. The second-order valence-electron chi connectivity index (χ2n) is 5.21. The fourth-order valence-corrected chi connectivity index (χ4v) is 2.34. The highest BCUT2D eigenvalue weighted by Gasteiger charge is 2.16. The largest absolute Gasteiger partial charge is 0.317 e. The van der Waals surface area contributed by atoms with Crippen molar-refractivity contribution >= 4 is 0 Å². The van der Waals surface area contributed by atoms with E-state index >= 15 is 0 Å². The lowest BCUT2D eigenvalue weighted by molar-refractivity contribution is 0.363. The summed E-state index contributed by atoms with van der Waals surface area (Å²) in [6.07, 6.45) is 5.55. The summed E-state index contributed by atoms with van der Waals surface area (Å²) in [5, 5.41) is 11.7. The minimum atomic E-state index is 0.652. The van der Waals surface area contributed by atoms with Crippen molar-refractivity contribution in [1.29, 1.82) is 0 Å². The van der Waals surface area contributed by atoms with Crippen molar-refractivity contribution in [2.75, 3.05) is 13.1 Å². The van der Waals surface area contributed by atoms with Crippen LogP contribution < -0.4 is 5.32 Å². The quantitative estimate of drug-likeness (QED) is 0.839. The molecule has 0 spiro atoms. The Balaban J connectivity index is 1.94. The Kier molecular flexibility index (Phi) is 3.93. The van der Waals surface area contributed by atoms with Gasteiger partial charge in [0.1, 0.15) is 12.2 Å². The minimum Gasteiger partial charge on any atom is -0.317 e. The van der Waals surface area contributed by atoms with Crippen molar-refractivity contribution in [3.8, 4) is 0 Å². The predicted octanol–water partition coefficient (Wildman–Crippen LogP) is 1.48. The van der Waals surface area contributed by atoms with Gasteiger partial charge in [-0.25, -0.2) is 0 Å². The topological polar surface area (TPSA) is 42.7 Å². The molecule has 1 aliphatic heterocycles. The van der Waals surface area contributed by atoms with Gasteiger partial charge in [0, 0.05) is 13.0 Å². The average Bonchev–Trinajstić information content (AvgIpc) is 2.66. The lowest BCUT2D eigenvalue weighted by Gasteiger charge is -2.22. The molecule has 1 atom stereocenters. The maximum Gasteiger partial charge on any atom is 0.133 e. The van der Waals surface area contributed by atoms with Gasteiger partial charge in [-0.15, -0.1) is 10.2 Å². The van der Waals surface area contributed by atoms with E-state index in [1.165, 1.54) is 19.4 Å². The first-order chi connectivity index (χ1) is 7.75. The highest BCUT2D eigenvalue weighted by atomic mass is 15.3. The van der Waals surface area contributed by atoms with Gasteiger partial charge in [-0.2, -0.15) is 0 Å². The molecule has 0 aromatic carbocycles. The molecule has 1 aromatic rings. The van der Waals surface area contributed by atoms with Crippen LogP contribution in [0, 0.1) is 11.8 Å². The fourth-order valence-electron chi connectivity index (χ4n) is 2.34. The molecule has 2 heterocycles. The molecule has 1 saturated heterocycles. The number of nitrogens with zero attached hydrogens (tertiary/aromatic N) is 3. The normalized spacial score (nSPS) is 21.6. The van der Waals surface area contributed by atoms with Gasteiger partial charge in [0.2, 0.25) is 0 Å². The number of rotatable bonds is 4. The fraction of sp³-hybridized carbons (Fsp3) is 0.833. The summed E-state index contributed by atoms with van der Waals surface area (Å²) < 4.78 is 2.21. The van der Waals surface area contributed by atoms with Crippen LogP contribution in [0.4, 0.5) is 0 Å². The molecule has 90 valence electrons. The third kappa shape index (κ3) is 3.04. The number of hydrogen-bond donors (Lipinski definition) is 1. The summed E-state index contributed by atoms with van der Waals surface area (Å²) in [5.74, 6) is 2.55. The maximum atomic E-state index is 4.25. The van der Waals surface area contributed by atoms with Crippen molar-refractivity contribution in [3.05, 3.63) is 12.2 Å². The molecule has 16 heavy (non-hydrogen) atoms. The molecular weight excluding hydrogens is 200 g/mol. The van der Waals surface area contributed by atoms with Crippen LogP contribution in [0.2, 0.25) is 0 Å². The summed E-state index contributed by atoms with van der Waals surface area (Å²) >= 11 is 0. The van der Waals surface area contributed by atoms with Gasteiger partial charge in [-0.1, -0.05) is 13.8 Å². The van der Waals surface area contributed by atoms with Crippen LogP contribution in [0.1, 0.15) is 32.5 Å². The van der Waals surface area contributed by atoms with E-state index < -0.39 is 0 Å². The van der Waals surface area contributed by atoms with Gasteiger partial charge < -0.3 is 9.88 Å². The van der Waals surface area contributed by atoms with Gasteiger partial charge in [0.15, 0.2) is 0 Å². The molecule has 1 unspecified atom stereocenters. The lowest BCUT2D eigenvalue weighted by Crippen LogP contribution is -2.31. The summed E-state index contributed by atoms with van der Waals surface area (Å²) in [5.41, 5.74) is 0. The van der Waals surface area contributed by atoms with E-state index in [1.54, 1.807) is 0 Å². The Morgan fingerprint density at radius 2 is 2.44 bits per heavy atom. The molecule has 1 aromatic heterocycles. The highest BCUT2D eigenvalue weighted by molar-refractivity contribution is 4.90. The zero-order valence-corrected chi connectivity index (χ0v) is 10.3. The SMILES string of the molecule is CC(C)Cn1cnnc1CC1CCCNC1. The standard InChI is InChI=1S/C12H22N4/c1-10(2)8-16-9-14-15-12(16)6-11-4-3-5-13-7-11/h9-11,13H,3-8H2,1-2H3. The maximum absolute atomic E-state index is 4.25. The van der Waals surface area contributed by atoms with Crippen molar-refractivity contribution in [1.82, 2.24) is 20.1 Å². The summed E-state index contributed by atoms with van der Waals surface area (Å²) in [6.45, 7) is 7.80. The average molecular weight is 222 g/mol. The van der Waals surface area contributed by atoms with Crippen LogP contribution in [0.15, 0.2) is 6.33 Å². The Morgan fingerprint density at radius 1 is 1.56 bits per heavy atom. The van der Waals surface area contributed by atoms with Crippen LogP contribution in [-0.2, 0) is 13.0 Å². The second kappa shape index (κ2) is 5.43. The van der Waals surface area contributed by atoms with Crippen LogP contribution in [-0.4, -0.2) is 27.9 Å². The third-order valence-corrected chi connectivity index (χ3v) is 3.13. The number of aromatic nitrogens is 3. The monoisotopic (exact) mass is 222 g/mol. The van der Waals surface area contributed by atoms with Crippen molar-refractivity contribution in [2.24, 2.45) is 11.8 Å². The van der Waals surface area contributed by atoms with E-state index in [9.17, 15) is 0 Å². The highest BCUT2D eigenvalue weighted by Crippen LogP contribution is 2.15. The molecule has 4 heteroatoms. The molecule has 0 saturated carbocycles. The van der Waals surface area contributed by atoms with Crippen LogP contribution >= 0.6 is 0 Å². The lowest BCUT2D eigenvalue weighted by atomic mass is 9.96. The van der Waals surface area contributed by atoms with E-state index in [2.05, 4.69) is 33.9 Å². The Bertz CT molecular complexity index is 313. The van der Waals surface area contributed by atoms with Crippen LogP contribution in [0.25, 0.3) is 0 Å². The number of piperidine rings is 1. The smallest absolute Gasteiger partial charge is 0.133 e. The second-order valence-corrected chi connectivity index (χ2v) is 5.21. The summed E-state index contributed by atoms with van der Waals surface area (Å²) in [7, 11) is 0. The number of nitrogens with one attached hydrogen (secondary N) is 1. The first-order valence-corrected chi connectivity index (χ1v) is 6.33. The minimum absolute atomic E-state index is 0.652. The first-order valence-electron chi connectivity index (χ1n) is 6.33. The first kappa shape index (κ1) is 11.6. The van der Waals surface area contributed by atoms with Crippen LogP contribution in [0.3, 0.4) is 0 Å². The molecular formula is C12H22N4. The molecule has 0 bridgehead atoms. The molecule has 0 radical (unpaired) electrons. The molecule has 0 aliphatic carbocycles. The van der Waals surface area contributed by atoms with E-state index in [1.807, 2.05) is 6.33 Å². The molecule has 1 N–H and O–H groups in total. The van der Waals surface area contributed by atoms with Gasteiger partial charge in [0.25, 0.3) is 0 Å². The molecule has 4 nitrogen and oxygen atoms in total. The van der Waals surface area contributed by atoms with Crippen LogP contribution in [0.5, 0.6) is 0 Å². The Labute approximate surface area is 97.5 Å². The third-order valence-electron chi connectivity index (χ3n) is 3.13. The van der Waals surface area contributed by atoms with Crippen molar-refractivity contribution in [2.45, 2.75) is 39.7 Å². The molecule has 0 amide bonds. The van der Waals surface area contributed by atoms with Crippen molar-refractivity contribution < 1.29 is 0 Å². The summed E-state index contributed by atoms with van der Waals surface area (Å²) in [4.78, 5) is 0.